The van der Waals surface area contributed by atoms with Gasteiger partial charge in [-0.05, 0) is 24.5 Å². The highest BCUT2D eigenvalue weighted by Gasteiger charge is 2.30. The molecule has 0 bridgehead atoms. The van der Waals surface area contributed by atoms with Gasteiger partial charge in [0.1, 0.15) is 0 Å². The molecule has 19 heavy (non-hydrogen) atoms. The monoisotopic (exact) mass is 283 g/mol. The topological polar surface area (TPSA) is 93.4 Å². The summed E-state index contributed by atoms with van der Waals surface area (Å²) >= 11 is 0. The van der Waals surface area contributed by atoms with Gasteiger partial charge in [-0.25, -0.2) is 13.6 Å². The molecule has 7 heteroatoms. The highest BCUT2D eigenvalue weighted by atomic mass is 32.2. The molecule has 0 saturated carbocycles. The number of amides is 1. The minimum Gasteiger partial charge on any atom is -0.341 e. The molecule has 2 N–H and O–H groups in total. The van der Waals surface area contributed by atoms with Crippen LogP contribution in [0.2, 0.25) is 0 Å². The van der Waals surface area contributed by atoms with Crippen LogP contribution in [0.5, 0.6) is 0 Å². The van der Waals surface area contributed by atoms with E-state index in [-0.39, 0.29) is 18.9 Å². The standard InChI is InChI=1S/C12H17N3O3S/c13-19(17,18)11-4-2-6-15(9-11)12(16)7-10-3-1-5-14-8-10/h1,3,5,8,11H,2,4,6-7,9H2,(H2,13,17,18). The minimum atomic E-state index is -3.57. The van der Waals surface area contributed by atoms with E-state index in [9.17, 15) is 13.2 Å². The van der Waals surface area contributed by atoms with E-state index in [1.165, 1.54) is 0 Å². The molecule has 1 fully saturated rings. The SMILES string of the molecule is NS(=O)(=O)C1CCCN(C(=O)Cc2cccnc2)C1. The van der Waals surface area contributed by atoms with Gasteiger partial charge < -0.3 is 4.90 Å². The van der Waals surface area contributed by atoms with E-state index >= 15 is 0 Å². The number of carbonyl (C=O) groups is 1. The first kappa shape index (κ1) is 14.0. The highest BCUT2D eigenvalue weighted by molar-refractivity contribution is 7.89. The molecule has 2 heterocycles. The predicted molar refractivity (Wildman–Crippen MR) is 70.7 cm³/mol. The first-order valence-electron chi connectivity index (χ1n) is 6.15. The number of nitrogens with two attached hydrogens (primary N) is 1. The van der Waals surface area contributed by atoms with E-state index in [4.69, 9.17) is 5.14 Å². The van der Waals surface area contributed by atoms with E-state index in [1.54, 1.807) is 23.4 Å². The third-order valence-electron chi connectivity index (χ3n) is 3.27. The lowest BCUT2D eigenvalue weighted by Gasteiger charge is -2.31. The second-order valence-electron chi connectivity index (χ2n) is 4.73. The van der Waals surface area contributed by atoms with Gasteiger partial charge >= 0.3 is 0 Å². The van der Waals surface area contributed by atoms with Crippen LogP contribution in [0.15, 0.2) is 24.5 Å². The van der Waals surface area contributed by atoms with E-state index in [1.807, 2.05) is 6.07 Å². The van der Waals surface area contributed by atoms with Gasteiger partial charge in [0, 0.05) is 25.5 Å². The first-order chi connectivity index (χ1) is 8.97. The Balaban J connectivity index is 2.00. The Morgan fingerprint density at radius 3 is 2.95 bits per heavy atom. The molecule has 0 radical (unpaired) electrons. The van der Waals surface area contributed by atoms with Crippen molar-refractivity contribution in [2.24, 2.45) is 5.14 Å². The van der Waals surface area contributed by atoms with Crippen LogP contribution in [0.25, 0.3) is 0 Å². The minimum absolute atomic E-state index is 0.0821. The molecule has 1 aromatic heterocycles. The molecule has 0 aromatic carbocycles. The van der Waals surface area contributed by atoms with E-state index in [0.29, 0.717) is 19.4 Å². The van der Waals surface area contributed by atoms with Crippen molar-refractivity contribution in [2.75, 3.05) is 13.1 Å². The predicted octanol–water partition coefficient (Wildman–Crippen LogP) is -0.0964. The number of hydrogen-bond acceptors (Lipinski definition) is 4. The Bertz CT molecular complexity index is 545. The van der Waals surface area contributed by atoms with Crippen LogP contribution in [-0.4, -0.2) is 42.5 Å². The fraction of sp³-hybridized carbons (Fsp3) is 0.500. The van der Waals surface area contributed by atoms with Crippen molar-refractivity contribution < 1.29 is 13.2 Å². The van der Waals surface area contributed by atoms with Crippen LogP contribution in [0.4, 0.5) is 0 Å². The van der Waals surface area contributed by atoms with Gasteiger partial charge in [0.05, 0.1) is 11.7 Å². The summed E-state index contributed by atoms with van der Waals surface area (Å²) in [5, 5.41) is 4.51. The lowest BCUT2D eigenvalue weighted by atomic mass is 10.1. The molecule has 104 valence electrons. The van der Waals surface area contributed by atoms with E-state index < -0.39 is 15.3 Å². The molecule has 1 aliphatic heterocycles. The number of carbonyl (C=O) groups excluding carboxylic acids is 1. The van der Waals surface area contributed by atoms with E-state index in [2.05, 4.69) is 4.98 Å². The Morgan fingerprint density at radius 2 is 2.32 bits per heavy atom. The summed E-state index contributed by atoms with van der Waals surface area (Å²) in [4.78, 5) is 17.6. The van der Waals surface area contributed by atoms with Gasteiger partial charge in [0.15, 0.2) is 0 Å². The Kier molecular flexibility index (Phi) is 4.16. The van der Waals surface area contributed by atoms with Gasteiger partial charge in [0.25, 0.3) is 0 Å². The molecule has 1 atom stereocenters. The largest absolute Gasteiger partial charge is 0.341 e. The van der Waals surface area contributed by atoms with E-state index in [0.717, 1.165) is 5.56 Å². The summed E-state index contributed by atoms with van der Waals surface area (Å²) in [5.74, 6) is -0.0821. The van der Waals surface area contributed by atoms with Crippen molar-refractivity contribution in [3.8, 4) is 0 Å². The summed E-state index contributed by atoms with van der Waals surface area (Å²) in [6.07, 6.45) is 4.71. The van der Waals surface area contributed by atoms with Crippen molar-refractivity contribution in [2.45, 2.75) is 24.5 Å². The van der Waals surface area contributed by atoms with Gasteiger partial charge in [-0.3, -0.25) is 9.78 Å². The maximum atomic E-state index is 12.1. The average molecular weight is 283 g/mol. The highest BCUT2D eigenvalue weighted by Crippen LogP contribution is 2.16. The summed E-state index contributed by atoms with van der Waals surface area (Å²) in [6.45, 7) is 0.781. The number of nitrogens with zero attached hydrogens (tertiary/aromatic N) is 2. The zero-order valence-electron chi connectivity index (χ0n) is 10.5. The van der Waals surface area contributed by atoms with Crippen molar-refractivity contribution in [3.05, 3.63) is 30.1 Å². The summed E-state index contributed by atoms with van der Waals surface area (Å²) in [6, 6.07) is 3.60. The molecule has 0 aliphatic carbocycles. The number of piperidine rings is 1. The molecular formula is C12H17N3O3S. The van der Waals surface area contributed by atoms with Crippen LogP contribution in [0.3, 0.4) is 0 Å². The number of hydrogen-bond donors (Lipinski definition) is 1. The van der Waals surface area contributed by atoms with Crippen LogP contribution in [0.1, 0.15) is 18.4 Å². The third kappa shape index (κ3) is 3.74. The maximum absolute atomic E-state index is 12.1. The molecule has 1 amide bonds. The molecule has 2 rings (SSSR count). The molecule has 1 aliphatic rings. The second kappa shape index (κ2) is 5.66. The summed E-state index contributed by atoms with van der Waals surface area (Å²) in [5.41, 5.74) is 0.824. The molecule has 1 unspecified atom stereocenters. The smallest absolute Gasteiger partial charge is 0.227 e. The van der Waals surface area contributed by atoms with Crippen molar-refractivity contribution >= 4 is 15.9 Å². The molecular weight excluding hydrogens is 266 g/mol. The quantitative estimate of drug-likeness (QED) is 0.838. The number of aromatic nitrogens is 1. The van der Waals surface area contributed by atoms with Gasteiger partial charge in [-0.2, -0.15) is 0 Å². The molecule has 6 nitrogen and oxygen atoms in total. The van der Waals surface area contributed by atoms with Crippen LogP contribution < -0.4 is 5.14 Å². The number of pyridine rings is 1. The fourth-order valence-electron chi connectivity index (χ4n) is 2.22. The van der Waals surface area contributed by atoms with Crippen molar-refractivity contribution in [1.29, 1.82) is 0 Å². The fourth-order valence-corrected chi connectivity index (χ4v) is 3.10. The molecule has 0 spiro atoms. The van der Waals surface area contributed by atoms with Crippen LogP contribution in [-0.2, 0) is 21.2 Å². The number of primary sulfonamides is 1. The first-order valence-corrected chi connectivity index (χ1v) is 7.76. The normalized spacial score (nSPS) is 20.3. The average Bonchev–Trinajstić information content (AvgIpc) is 2.39. The van der Waals surface area contributed by atoms with Crippen LogP contribution in [0, 0.1) is 0 Å². The lowest BCUT2D eigenvalue weighted by molar-refractivity contribution is -0.131. The molecule has 1 saturated heterocycles. The molecule has 1 aromatic rings. The second-order valence-corrected chi connectivity index (χ2v) is 6.58. The Hall–Kier alpha value is -1.47. The number of rotatable bonds is 3. The van der Waals surface area contributed by atoms with Crippen molar-refractivity contribution in [1.82, 2.24) is 9.88 Å². The number of likely N-dealkylation sites (tertiary alicyclic amines) is 1. The van der Waals surface area contributed by atoms with Gasteiger partial charge in [-0.1, -0.05) is 6.07 Å². The summed E-state index contributed by atoms with van der Waals surface area (Å²) < 4.78 is 22.7. The zero-order valence-corrected chi connectivity index (χ0v) is 11.3. The van der Waals surface area contributed by atoms with Gasteiger partial charge in [0.2, 0.25) is 15.9 Å². The maximum Gasteiger partial charge on any atom is 0.227 e. The van der Waals surface area contributed by atoms with Crippen LogP contribution >= 0.6 is 0 Å². The summed E-state index contributed by atoms with van der Waals surface area (Å²) in [7, 11) is -3.57. The lowest BCUT2D eigenvalue weighted by Crippen LogP contribution is -2.47. The van der Waals surface area contributed by atoms with Crippen molar-refractivity contribution in [3.63, 3.8) is 0 Å². The zero-order chi connectivity index (χ0) is 13.9. The number of sulfonamides is 1. The Morgan fingerprint density at radius 1 is 1.53 bits per heavy atom. The third-order valence-corrected chi connectivity index (χ3v) is 4.59. The Labute approximate surface area is 112 Å². The van der Waals surface area contributed by atoms with Gasteiger partial charge in [-0.15, -0.1) is 0 Å².